The van der Waals surface area contributed by atoms with Crippen molar-refractivity contribution in [3.8, 4) is 0 Å². The lowest BCUT2D eigenvalue weighted by molar-refractivity contribution is -0.237. The second-order valence-corrected chi connectivity index (χ2v) is 7.13. The highest BCUT2D eigenvalue weighted by Gasteiger charge is 2.48. The van der Waals surface area contributed by atoms with Crippen LogP contribution in [-0.2, 0) is 14.2 Å². The van der Waals surface area contributed by atoms with Crippen LogP contribution in [0.15, 0.2) is 0 Å². The van der Waals surface area contributed by atoms with E-state index < -0.39 is 36.6 Å². The average Bonchev–Trinajstić information content (AvgIpc) is 2.67. The van der Waals surface area contributed by atoms with Crippen molar-refractivity contribution in [3.63, 3.8) is 0 Å². The summed E-state index contributed by atoms with van der Waals surface area (Å²) in [6.45, 7) is 4.16. The predicted octanol–water partition coefficient (Wildman–Crippen LogP) is -0.0265. The van der Waals surface area contributed by atoms with E-state index in [0.717, 1.165) is 13.0 Å². The molecule has 0 bridgehead atoms. The highest BCUT2D eigenvalue weighted by Crippen LogP contribution is 2.23. The van der Waals surface area contributed by atoms with E-state index in [2.05, 4.69) is 6.92 Å². The van der Waals surface area contributed by atoms with Crippen molar-refractivity contribution in [1.82, 2.24) is 0 Å². The first-order chi connectivity index (χ1) is 13.0. The van der Waals surface area contributed by atoms with Gasteiger partial charge in [0, 0.05) is 6.61 Å². The quantitative estimate of drug-likeness (QED) is 0.245. The zero-order valence-electron chi connectivity index (χ0n) is 16.4. The molecule has 0 aromatic heterocycles. The number of hydrogen-bond acceptors (Lipinski definition) is 8. The molecule has 0 aliphatic heterocycles. The van der Waals surface area contributed by atoms with Crippen LogP contribution in [0.25, 0.3) is 0 Å². The second-order valence-electron chi connectivity index (χ2n) is 7.13. The Hall–Kier alpha value is -0.320. The molecule has 1 saturated carbocycles. The summed E-state index contributed by atoms with van der Waals surface area (Å²) in [5, 5.41) is 48.4. The molecule has 8 heteroatoms. The fourth-order valence-corrected chi connectivity index (χ4v) is 3.12. The molecule has 27 heavy (non-hydrogen) atoms. The summed E-state index contributed by atoms with van der Waals surface area (Å²) in [6, 6.07) is 0. The average molecular weight is 395 g/mol. The Morgan fingerprint density at radius 2 is 0.963 bits per heavy atom. The summed E-state index contributed by atoms with van der Waals surface area (Å²) < 4.78 is 16.1. The minimum Gasteiger partial charge on any atom is -0.387 e. The summed E-state index contributed by atoms with van der Waals surface area (Å²) >= 11 is 0. The van der Waals surface area contributed by atoms with Crippen molar-refractivity contribution < 1.29 is 39.7 Å². The number of aliphatic hydroxyl groups is 5. The molecule has 6 atom stereocenters. The highest BCUT2D eigenvalue weighted by molar-refractivity contribution is 4.99. The van der Waals surface area contributed by atoms with Crippen LogP contribution in [0.4, 0.5) is 0 Å². The molecule has 0 saturated heterocycles. The Balaban J connectivity index is 1.95. The molecule has 162 valence electrons. The summed E-state index contributed by atoms with van der Waals surface area (Å²) in [5.74, 6) is 0. The smallest absolute Gasteiger partial charge is 0.115 e. The third kappa shape index (κ3) is 9.15. The summed E-state index contributed by atoms with van der Waals surface area (Å²) in [5.41, 5.74) is 0. The molecule has 0 aromatic rings. The van der Waals surface area contributed by atoms with E-state index in [0.29, 0.717) is 13.2 Å². The lowest BCUT2D eigenvalue weighted by Gasteiger charge is -2.41. The molecule has 0 spiro atoms. The maximum atomic E-state index is 9.83. The van der Waals surface area contributed by atoms with E-state index in [-0.39, 0.29) is 13.2 Å². The fraction of sp³-hybridized carbons (Fsp3) is 1.00. The molecule has 5 N–H and O–H groups in total. The zero-order chi connectivity index (χ0) is 20.1. The van der Waals surface area contributed by atoms with Gasteiger partial charge in [-0.15, -0.1) is 0 Å². The number of hydrogen-bond donors (Lipinski definition) is 5. The molecule has 0 amide bonds. The van der Waals surface area contributed by atoms with Crippen LogP contribution in [0.5, 0.6) is 0 Å². The van der Waals surface area contributed by atoms with E-state index in [9.17, 15) is 25.5 Å². The molecule has 1 aliphatic carbocycles. The van der Waals surface area contributed by atoms with Gasteiger partial charge in [0.2, 0.25) is 0 Å². The first-order valence-corrected chi connectivity index (χ1v) is 10.2. The minimum atomic E-state index is -1.61. The Morgan fingerprint density at radius 3 is 1.56 bits per heavy atom. The SMILES string of the molecule is CCCCCCCCCOCCOCCOC1[C@H](O)[C@H](O)C(O)[C@H](O)[C@H]1O. The Morgan fingerprint density at radius 1 is 0.519 bits per heavy atom. The molecule has 1 fully saturated rings. The maximum Gasteiger partial charge on any atom is 0.115 e. The molecule has 1 rings (SSSR count). The van der Waals surface area contributed by atoms with Crippen LogP contribution >= 0.6 is 0 Å². The van der Waals surface area contributed by atoms with Crippen LogP contribution in [0.1, 0.15) is 51.9 Å². The van der Waals surface area contributed by atoms with Gasteiger partial charge in [0.1, 0.15) is 36.6 Å². The second kappa shape index (κ2) is 14.6. The van der Waals surface area contributed by atoms with Crippen LogP contribution in [0, 0.1) is 0 Å². The number of rotatable bonds is 15. The third-order valence-electron chi connectivity index (χ3n) is 4.88. The molecule has 2 unspecified atom stereocenters. The van der Waals surface area contributed by atoms with Gasteiger partial charge < -0.3 is 39.7 Å². The van der Waals surface area contributed by atoms with Crippen molar-refractivity contribution in [1.29, 1.82) is 0 Å². The standard InChI is InChI=1S/C19H38O8/c1-2-3-4-5-6-7-8-9-25-10-11-26-12-13-27-19-17(23)15(21)14(20)16(22)18(19)24/h14-24H,2-13H2,1H3/t14?,15-,16+,17-,18-,19?/m1/s1. The van der Waals surface area contributed by atoms with Gasteiger partial charge in [-0.2, -0.15) is 0 Å². The van der Waals surface area contributed by atoms with Gasteiger partial charge in [-0.3, -0.25) is 0 Å². The van der Waals surface area contributed by atoms with Crippen molar-refractivity contribution in [2.75, 3.05) is 33.0 Å². The molecule has 8 nitrogen and oxygen atoms in total. The number of unbranched alkanes of at least 4 members (excludes halogenated alkanes) is 6. The van der Waals surface area contributed by atoms with E-state index in [1.54, 1.807) is 0 Å². The first-order valence-electron chi connectivity index (χ1n) is 10.2. The molecular weight excluding hydrogens is 356 g/mol. The molecule has 1 aliphatic rings. The third-order valence-corrected chi connectivity index (χ3v) is 4.88. The van der Waals surface area contributed by atoms with Crippen LogP contribution < -0.4 is 0 Å². The molecule has 0 aromatic carbocycles. The van der Waals surface area contributed by atoms with Gasteiger partial charge in [0.15, 0.2) is 0 Å². The van der Waals surface area contributed by atoms with Gasteiger partial charge in [0.25, 0.3) is 0 Å². The largest absolute Gasteiger partial charge is 0.387 e. The van der Waals surface area contributed by atoms with Crippen molar-refractivity contribution in [3.05, 3.63) is 0 Å². The van der Waals surface area contributed by atoms with E-state index in [1.807, 2.05) is 0 Å². The topological polar surface area (TPSA) is 129 Å². The van der Waals surface area contributed by atoms with Crippen LogP contribution in [-0.4, -0.2) is 95.2 Å². The molecule has 0 radical (unpaired) electrons. The van der Waals surface area contributed by atoms with Gasteiger partial charge >= 0.3 is 0 Å². The van der Waals surface area contributed by atoms with Crippen molar-refractivity contribution in [2.45, 2.75) is 88.5 Å². The first kappa shape index (κ1) is 24.7. The molecular formula is C19H38O8. The van der Waals surface area contributed by atoms with Gasteiger partial charge in [-0.05, 0) is 6.42 Å². The maximum absolute atomic E-state index is 9.83. The summed E-state index contributed by atoms with van der Waals surface area (Å²) in [6.07, 6.45) is -0.195. The van der Waals surface area contributed by atoms with Crippen molar-refractivity contribution in [2.24, 2.45) is 0 Å². The Labute approximate surface area is 162 Å². The van der Waals surface area contributed by atoms with Gasteiger partial charge in [-0.25, -0.2) is 0 Å². The Bertz CT molecular complexity index is 341. The van der Waals surface area contributed by atoms with E-state index >= 15 is 0 Å². The van der Waals surface area contributed by atoms with Gasteiger partial charge in [-0.1, -0.05) is 45.4 Å². The summed E-state index contributed by atoms with van der Waals surface area (Å²) in [4.78, 5) is 0. The summed E-state index contributed by atoms with van der Waals surface area (Å²) in [7, 11) is 0. The monoisotopic (exact) mass is 394 g/mol. The lowest BCUT2D eigenvalue weighted by atomic mass is 9.85. The van der Waals surface area contributed by atoms with E-state index in [4.69, 9.17) is 14.2 Å². The number of aliphatic hydroxyl groups excluding tert-OH is 5. The van der Waals surface area contributed by atoms with E-state index in [1.165, 1.54) is 38.5 Å². The lowest BCUT2D eigenvalue weighted by Crippen LogP contribution is -2.64. The fourth-order valence-electron chi connectivity index (χ4n) is 3.12. The molecule has 0 heterocycles. The normalized spacial score (nSPS) is 31.3. The minimum absolute atomic E-state index is 0.0755. The van der Waals surface area contributed by atoms with Crippen LogP contribution in [0.3, 0.4) is 0 Å². The van der Waals surface area contributed by atoms with Crippen molar-refractivity contribution >= 4 is 0 Å². The van der Waals surface area contributed by atoms with Gasteiger partial charge in [0.05, 0.1) is 26.4 Å². The zero-order valence-corrected chi connectivity index (χ0v) is 16.4. The highest BCUT2D eigenvalue weighted by atomic mass is 16.6. The van der Waals surface area contributed by atoms with Crippen LogP contribution in [0.2, 0.25) is 0 Å². The number of ether oxygens (including phenoxy) is 3. The predicted molar refractivity (Wildman–Crippen MR) is 99.4 cm³/mol. The Kier molecular flexibility index (Phi) is 13.4.